The number of nitrogens with one attached hydrogen (secondary N) is 1. The van der Waals surface area contributed by atoms with E-state index in [1.165, 1.54) is 6.07 Å². The Kier molecular flexibility index (Phi) is 5.56. The molecule has 0 spiro atoms. The normalized spacial score (nSPS) is 18.7. The quantitative estimate of drug-likeness (QED) is 0.425. The lowest BCUT2D eigenvalue weighted by molar-refractivity contribution is -0.153. The minimum atomic E-state index is -0.963. The van der Waals surface area contributed by atoms with E-state index in [1.807, 2.05) is 19.9 Å². The molecule has 0 amide bonds. The lowest BCUT2D eigenvalue weighted by Crippen LogP contribution is -2.32. The highest BCUT2D eigenvalue weighted by molar-refractivity contribution is 5.94. The van der Waals surface area contributed by atoms with Crippen molar-refractivity contribution in [1.82, 2.24) is 19.7 Å². The average molecular weight is 476 g/mol. The van der Waals surface area contributed by atoms with E-state index in [2.05, 4.69) is 20.8 Å². The number of fused-ring (bicyclic) bond motifs is 2. The molecule has 8 nitrogen and oxygen atoms in total. The molecule has 2 atom stereocenters. The Hall–Kier alpha value is -3.77. The van der Waals surface area contributed by atoms with Crippen LogP contribution in [0.25, 0.3) is 27.8 Å². The largest absolute Gasteiger partial charge is 0.479 e. The van der Waals surface area contributed by atoms with Crippen molar-refractivity contribution in [3.05, 3.63) is 53.1 Å². The number of hydrogen-bond acceptors (Lipinski definition) is 5. The van der Waals surface area contributed by atoms with Gasteiger partial charge in [-0.25, -0.2) is 14.2 Å². The van der Waals surface area contributed by atoms with Gasteiger partial charge in [0.2, 0.25) is 0 Å². The second-order valence-corrected chi connectivity index (χ2v) is 9.85. The summed E-state index contributed by atoms with van der Waals surface area (Å²) in [4.78, 5) is 16.4. The van der Waals surface area contributed by atoms with Crippen molar-refractivity contribution >= 4 is 28.0 Å². The van der Waals surface area contributed by atoms with Crippen molar-refractivity contribution in [2.45, 2.75) is 57.5 Å². The number of hydrogen-bond donors (Lipinski definition) is 2. The number of halogens is 1. The maximum Gasteiger partial charge on any atom is 0.332 e. The summed E-state index contributed by atoms with van der Waals surface area (Å²) in [5, 5.41) is 27.0. The third kappa shape index (κ3) is 3.84. The van der Waals surface area contributed by atoms with Gasteiger partial charge < -0.3 is 14.4 Å². The summed E-state index contributed by atoms with van der Waals surface area (Å²) in [7, 11) is 0. The van der Waals surface area contributed by atoms with Crippen LogP contribution < -0.4 is 0 Å². The summed E-state index contributed by atoms with van der Waals surface area (Å²) >= 11 is 0. The Morgan fingerprint density at radius 2 is 2.17 bits per heavy atom. The highest BCUT2D eigenvalue weighted by atomic mass is 19.1. The molecule has 4 aromatic rings. The number of carboxylic acid groups (broad SMARTS) is 1. The third-order valence-corrected chi connectivity index (χ3v) is 6.90. The monoisotopic (exact) mass is 475 g/mol. The van der Waals surface area contributed by atoms with Gasteiger partial charge in [0.25, 0.3) is 0 Å². The molecule has 1 aliphatic heterocycles. The summed E-state index contributed by atoms with van der Waals surface area (Å²) < 4.78 is 22.0. The number of nitrogens with zero attached hydrogens (tertiary/aromatic N) is 4. The maximum atomic E-state index is 14.2. The summed E-state index contributed by atoms with van der Waals surface area (Å²) in [5.74, 6) is -1.37. The molecule has 4 heterocycles. The number of carbonyl (C=O) groups is 1. The first-order valence-corrected chi connectivity index (χ1v) is 11.6. The van der Waals surface area contributed by atoms with E-state index < -0.39 is 17.5 Å². The van der Waals surface area contributed by atoms with Gasteiger partial charge in [-0.1, -0.05) is 13.8 Å². The van der Waals surface area contributed by atoms with Gasteiger partial charge in [-0.05, 0) is 49.6 Å². The van der Waals surface area contributed by atoms with E-state index in [0.29, 0.717) is 24.1 Å². The maximum absolute atomic E-state index is 14.2. The van der Waals surface area contributed by atoms with Crippen molar-refractivity contribution in [2.75, 3.05) is 6.61 Å². The molecule has 1 aromatic carbocycles. The number of nitriles is 1. The van der Waals surface area contributed by atoms with Gasteiger partial charge in [-0.2, -0.15) is 10.4 Å². The van der Waals surface area contributed by atoms with Crippen LogP contribution in [0.4, 0.5) is 4.39 Å². The van der Waals surface area contributed by atoms with Crippen LogP contribution in [0.3, 0.4) is 0 Å². The molecule has 0 bridgehead atoms. The number of benzene rings is 1. The zero-order valence-corrected chi connectivity index (χ0v) is 19.8. The molecule has 0 unspecified atom stereocenters. The summed E-state index contributed by atoms with van der Waals surface area (Å²) in [6, 6.07) is 9.28. The van der Waals surface area contributed by atoms with Gasteiger partial charge in [0.05, 0.1) is 29.9 Å². The zero-order chi connectivity index (χ0) is 24.9. The fraction of sp³-hybridized carbons (Fsp3) is 0.385. The highest BCUT2D eigenvalue weighted by Gasteiger charge is 2.37. The average Bonchev–Trinajstić information content (AvgIpc) is 3.41. The van der Waals surface area contributed by atoms with Crippen LogP contribution in [0.2, 0.25) is 0 Å². The van der Waals surface area contributed by atoms with Crippen LogP contribution in [0.5, 0.6) is 0 Å². The lowest BCUT2D eigenvalue weighted by Gasteiger charge is -2.31. The fourth-order valence-corrected chi connectivity index (χ4v) is 5.14. The predicted molar refractivity (Wildman–Crippen MR) is 128 cm³/mol. The Balaban J connectivity index is 1.84. The molecule has 180 valence electrons. The smallest absolute Gasteiger partial charge is 0.332 e. The molecule has 9 heteroatoms. The second kappa shape index (κ2) is 8.47. The number of aliphatic carboxylic acids is 1. The molecule has 5 rings (SSSR count). The van der Waals surface area contributed by atoms with E-state index in [1.54, 1.807) is 25.3 Å². The van der Waals surface area contributed by atoms with Gasteiger partial charge in [0.15, 0.2) is 11.8 Å². The molecule has 0 aliphatic carbocycles. The van der Waals surface area contributed by atoms with Crippen LogP contribution in [0.15, 0.2) is 30.5 Å². The zero-order valence-electron chi connectivity index (χ0n) is 19.8. The van der Waals surface area contributed by atoms with Crippen LogP contribution in [-0.2, 0) is 14.9 Å². The number of aromatic amines is 1. The molecular weight excluding hydrogens is 449 g/mol. The Labute approximate surface area is 201 Å². The van der Waals surface area contributed by atoms with Crippen molar-refractivity contribution < 1.29 is 19.0 Å². The number of carboxylic acids is 1. The molecule has 1 aliphatic rings. The first-order valence-electron chi connectivity index (χ1n) is 11.6. The summed E-state index contributed by atoms with van der Waals surface area (Å²) in [6.45, 7) is 5.98. The summed E-state index contributed by atoms with van der Waals surface area (Å²) in [5.41, 5.74) is 4.73. The molecule has 35 heavy (non-hydrogen) atoms. The minimum absolute atomic E-state index is 0.114. The molecular formula is C26H26FN5O3. The van der Waals surface area contributed by atoms with Gasteiger partial charge in [0, 0.05) is 40.1 Å². The standard InChI is InChI=1S/C26H26FN5O3/c1-14-10-17(5-6-18(14)27)32-19-11-16-12-29-31-24(16)30-22(19)21(23(32)26(2,3)8-9-28)15-4-7-20(25(33)34)35-13-15/h5-6,10-12,15,20H,4,7-8,13H2,1-3H3,(H,33,34)(H,29,30,31)/t15-,20+/m0/s1. The van der Waals surface area contributed by atoms with E-state index in [0.717, 1.165) is 33.4 Å². The molecule has 1 saturated heterocycles. The minimum Gasteiger partial charge on any atom is -0.479 e. The van der Waals surface area contributed by atoms with Crippen LogP contribution in [0.1, 0.15) is 55.8 Å². The van der Waals surface area contributed by atoms with E-state index in [4.69, 9.17) is 9.72 Å². The van der Waals surface area contributed by atoms with Crippen molar-refractivity contribution in [1.29, 1.82) is 5.26 Å². The number of aromatic nitrogens is 4. The van der Waals surface area contributed by atoms with Crippen LogP contribution in [0, 0.1) is 24.1 Å². The van der Waals surface area contributed by atoms with Gasteiger partial charge in [0.1, 0.15) is 5.82 Å². The Morgan fingerprint density at radius 1 is 1.37 bits per heavy atom. The SMILES string of the molecule is Cc1cc(-n2c(C(C)(C)CC#N)c([C@H]3CC[C@H](C(=O)O)OC3)c3nc4[nH]ncc4cc32)ccc1F. The third-order valence-electron chi connectivity index (χ3n) is 6.90. The molecule has 1 fully saturated rings. The number of ether oxygens (including phenoxy) is 1. The van der Waals surface area contributed by atoms with Crippen LogP contribution >= 0.6 is 0 Å². The highest BCUT2D eigenvalue weighted by Crippen LogP contribution is 2.44. The van der Waals surface area contributed by atoms with Crippen LogP contribution in [-0.4, -0.2) is 43.5 Å². The molecule has 3 aromatic heterocycles. The molecule has 0 saturated carbocycles. The van der Waals surface area contributed by atoms with E-state index >= 15 is 0 Å². The number of rotatable bonds is 5. The topological polar surface area (TPSA) is 117 Å². The number of H-pyrrole nitrogens is 1. The fourth-order valence-electron chi connectivity index (χ4n) is 5.14. The Bertz CT molecular complexity index is 1490. The van der Waals surface area contributed by atoms with Crippen molar-refractivity contribution in [3.8, 4) is 11.8 Å². The first kappa shape index (κ1) is 23.0. The van der Waals surface area contributed by atoms with Crippen molar-refractivity contribution in [2.24, 2.45) is 0 Å². The van der Waals surface area contributed by atoms with Gasteiger partial charge >= 0.3 is 5.97 Å². The number of pyridine rings is 1. The van der Waals surface area contributed by atoms with Crippen molar-refractivity contribution in [3.63, 3.8) is 0 Å². The molecule has 2 N–H and O–H groups in total. The first-order chi connectivity index (χ1) is 16.7. The van der Waals surface area contributed by atoms with E-state index in [9.17, 15) is 19.6 Å². The molecule has 0 radical (unpaired) electrons. The van der Waals surface area contributed by atoms with E-state index in [-0.39, 0.29) is 24.8 Å². The second-order valence-electron chi connectivity index (χ2n) is 9.85. The van der Waals surface area contributed by atoms with Gasteiger partial charge in [-0.3, -0.25) is 5.10 Å². The Morgan fingerprint density at radius 3 is 2.83 bits per heavy atom. The number of aryl methyl sites for hydroxylation is 1. The van der Waals surface area contributed by atoms with Gasteiger partial charge in [-0.15, -0.1) is 0 Å². The lowest BCUT2D eigenvalue weighted by atomic mass is 9.79. The predicted octanol–water partition coefficient (Wildman–Crippen LogP) is 4.89. The summed E-state index contributed by atoms with van der Waals surface area (Å²) in [6.07, 6.45) is 2.11.